The molecule has 0 radical (unpaired) electrons. The molecule has 0 bridgehead atoms. The number of hydrogen-bond acceptors (Lipinski definition) is 4. The Hall–Kier alpha value is -1.10. The maximum atomic E-state index is 11.7. The summed E-state index contributed by atoms with van der Waals surface area (Å²) in [7, 11) is 0. The van der Waals surface area contributed by atoms with Gasteiger partial charge in [-0.1, -0.05) is 13.8 Å². The first-order valence-electron chi connectivity index (χ1n) is 7.03. The van der Waals surface area contributed by atoms with E-state index >= 15 is 0 Å². The second-order valence-electron chi connectivity index (χ2n) is 5.35. The number of carbonyl (C=O) groups excluding carboxylic acids is 1. The van der Waals surface area contributed by atoms with Crippen LogP contribution in [0.5, 0.6) is 0 Å². The van der Waals surface area contributed by atoms with Gasteiger partial charge in [-0.2, -0.15) is 0 Å². The average Bonchev–Trinajstić information content (AvgIpc) is 2.84. The summed E-state index contributed by atoms with van der Waals surface area (Å²) in [6.45, 7) is 4.78. The molecule has 1 rings (SSSR count). The molecule has 0 amide bonds. The van der Waals surface area contributed by atoms with Crippen LogP contribution in [0, 0.1) is 5.92 Å². The SMILES string of the molecule is CC(C)C(OC(=O)CCCCC(=O)O)C1CCCO1. The third kappa shape index (κ3) is 6.05. The van der Waals surface area contributed by atoms with Gasteiger partial charge in [0.15, 0.2) is 0 Å². The van der Waals surface area contributed by atoms with Crippen molar-refractivity contribution in [1.29, 1.82) is 0 Å². The van der Waals surface area contributed by atoms with Crippen molar-refractivity contribution in [2.75, 3.05) is 6.61 Å². The number of carbonyl (C=O) groups is 2. The van der Waals surface area contributed by atoms with Gasteiger partial charge >= 0.3 is 11.9 Å². The normalized spacial score (nSPS) is 20.5. The van der Waals surface area contributed by atoms with E-state index in [4.69, 9.17) is 14.6 Å². The zero-order valence-electron chi connectivity index (χ0n) is 11.8. The Morgan fingerprint density at radius 3 is 2.53 bits per heavy atom. The Kier molecular flexibility index (Phi) is 6.84. The minimum absolute atomic E-state index is 0.0166. The van der Waals surface area contributed by atoms with Gasteiger partial charge in [-0.3, -0.25) is 9.59 Å². The van der Waals surface area contributed by atoms with Crippen molar-refractivity contribution in [3.63, 3.8) is 0 Å². The van der Waals surface area contributed by atoms with E-state index in [1.165, 1.54) is 0 Å². The zero-order valence-corrected chi connectivity index (χ0v) is 11.8. The largest absolute Gasteiger partial charge is 0.481 e. The Balaban J connectivity index is 2.29. The van der Waals surface area contributed by atoms with E-state index in [0.29, 0.717) is 12.8 Å². The number of aliphatic carboxylic acids is 1. The first-order chi connectivity index (χ1) is 9.00. The number of rotatable bonds is 8. The maximum absolute atomic E-state index is 11.7. The van der Waals surface area contributed by atoms with E-state index < -0.39 is 5.97 Å². The molecular formula is C14H24O5. The Bertz CT molecular complexity index is 294. The molecule has 1 fully saturated rings. The molecule has 1 N–H and O–H groups in total. The molecular weight excluding hydrogens is 248 g/mol. The maximum Gasteiger partial charge on any atom is 0.306 e. The lowest BCUT2D eigenvalue weighted by molar-refractivity contribution is -0.159. The van der Waals surface area contributed by atoms with Crippen LogP contribution < -0.4 is 0 Å². The summed E-state index contributed by atoms with van der Waals surface area (Å²) in [6.07, 6.45) is 3.24. The fourth-order valence-corrected chi connectivity index (χ4v) is 2.26. The first-order valence-corrected chi connectivity index (χ1v) is 7.03. The second kappa shape index (κ2) is 8.15. The standard InChI is InChI=1S/C14H24O5/c1-10(2)14(11-6-5-9-18-11)19-13(17)8-4-3-7-12(15)16/h10-11,14H,3-9H2,1-2H3,(H,15,16). The van der Waals surface area contributed by atoms with Crippen LogP contribution in [0.2, 0.25) is 0 Å². The van der Waals surface area contributed by atoms with E-state index in [1.54, 1.807) is 0 Å². The van der Waals surface area contributed by atoms with Crippen LogP contribution in [0.15, 0.2) is 0 Å². The summed E-state index contributed by atoms with van der Waals surface area (Å²) in [5.41, 5.74) is 0. The van der Waals surface area contributed by atoms with Gasteiger partial charge in [0.2, 0.25) is 0 Å². The molecule has 0 aromatic rings. The summed E-state index contributed by atoms with van der Waals surface area (Å²) in [5.74, 6) is -0.849. The van der Waals surface area contributed by atoms with E-state index in [-0.39, 0.29) is 36.9 Å². The zero-order chi connectivity index (χ0) is 14.3. The molecule has 5 nitrogen and oxygen atoms in total. The van der Waals surface area contributed by atoms with Crippen molar-refractivity contribution in [1.82, 2.24) is 0 Å². The molecule has 0 saturated carbocycles. The van der Waals surface area contributed by atoms with Gasteiger partial charge < -0.3 is 14.6 Å². The Morgan fingerprint density at radius 1 is 1.32 bits per heavy atom. The number of carboxylic acids is 1. The van der Waals surface area contributed by atoms with Crippen LogP contribution >= 0.6 is 0 Å². The minimum atomic E-state index is -0.826. The monoisotopic (exact) mass is 272 g/mol. The number of unbranched alkanes of at least 4 members (excludes halogenated alkanes) is 1. The summed E-state index contributed by atoms with van der Waals surface area (Å²) in [4.78, 5) is 22.1. The highest BCUT2D eigenvalue weighted by atomic mass is 16.6. The fraction of sp³-hybridized carbons (Fsp3) is 0.857. The minimum Gasteiger partial charge on any atom is -0.481 e. The molecule has 0 spiro atoms. The second-order valence-corrected chi connectivity index (χ2v) is 5.35. The third-order valence-electron chi connectivity index (χ3n) is 3.28. The van der Waals surface area contributed by atoms with Gasteiger partial charge in [-0.05, 0) is 31.6 Å². The van der Waals surface area contributed by atoms with E-state index in [2.05, 4.69) is 0 Å². The van der Waals surface area contributed by atoms with Crippen LogP contribution in [-0.2, 0) is 19.1 Å². The van der Waals surface area contributed by atoms with Crippen LogP contribution in [0.1, 0.15) is 52.4 Å². The molecule has 1 aliphatic heterocycles. The van der Waals surface area contributed by atoms with Gasteiger partial charge in [0.1, 0.15) is 6.10 Å². The van der Waals surface area contributed by atoms with E-state index in [0.717, 1.165) is 19.4 Å². The number of esters is 1. The number of carboxylic acid groups (broad SMARTS) is 1. The topological polar surface area (TPSA) is 72.8 Å². The smallest absolute Gasteiger partial charge is 0.306 e. The summed E-state index contributed by atoms with van der Waals surface area (Å²) in [6, 6.07) is 0. The lowest BCUT2D eigenvalue weighted by Crippen LogP contribution is -2.35. The van der Waals surface area contributed by atoms with Gasteiger partial charge in [-0.15, -0.1) is 0 Å². The van der Waals surface area contributed by atoms with Gasteiger partial charge in [-0.25, -0.2) is 0 Å². The lowest BCUT2D eigenvalue weighted by atomic mass is 9.99. The van der Waals surface area contributed by atoms with Crippen molar-refractivity contribution < 1.29 is 24.2 Å². The molecule has 0 aromatic heterocycles. The Labute approximate surface area is 114 Å². The summed E-state index contributed by atoms with van der Waals surface area (Å²) < 4.78 is 11.1. The quantitative estimate of drug-likeness (QED) is 0.542. The third-order valence-corrected chi connectivity index (χ3v) is 3.28. The fourth-order valence-electron chi connectivity index (χ4n) is 2.26. The molecule has 19 heavy (non-hydrogen) atoms. The van der Waals surface area contributed by atoms with Crippen molar-refractivity contribution in [3.8, 4) is 0 Å². The lowest BCUT2D eigenvalue weighted by Gasteiger charge is -2.26. The van der Waals surface area contributed by atoms with Gasteiger partial charge in [0.25, 0.3) is 0 Å². The average molecular weight is 272 g/mol. The molecule has 1 aliphatic rings. The Morgan fingerprint density at radius 2 is 2.00 bits per heavy atom. The predicted molar refractivity (Wildman–Crippen MR) is 69.8 cm³/mol. The summed E-state index contributed by atoms with van der Waals surface area (Å²) in [5, 5.41) is 8.51. The van der Waals surface area contributed by atoms with Crippen molar-refractivity contribution >= 4 is 11.9 Å². The van der Waals surface area contributed by atoms with E-state index in [9.17, 15) is 9.59 Å². The van der Waals surface area contributed by atoms with Gasteiger partial charge in [0.05, 0.1) is 6.10 Å². The van der Waals surface area contributed by atoms with E-state index in [1.807, 2.05) is 13.8 Å². The van der Waals surface area contributed by atoms with Crippen molar-refractivity contribution in [2.24, 2.45) is 5.92 Å². The van der Waals surface area contributed by atoms with Crippen molar-refractivity contribution in [2.45, 2.75) is 64.6 Å². The van der Waals surface area contributed by atoms with Crippen LogP contribution in [0.25, 0.3) is 0 Å². The molecule has 0 aromatic carbocycles. The highest BCUT2D eigenvalue weighted by Crippen LogP contribution is 2.23. The molecule has 5 heteroatoms. The van der Waals surface area contributed by atoms with Crippen molar-refractivity contribution in [3.05, 3.63) is 0 Å². The number of ether oxygens (including phenoxy) is 2. The molecule has 1 heterocycles. The predicted octanol–water partition coefficient (Wildman–Crippen LogP) is 2.38. The highest BCUT2D eigenvalue weighted by Gasteiger charge is 2.31. The van der Waals surface area contributed by atoms with Gasteiger partial charge in [0, 0.05) is 19.4 Å². The van der Waals surface area contributed by atoms with Crippen LogP contribution in [-0.4, -0.2) is 35.9 Å². The molecule has 110 valence electrons. The molecule has 0 aliphatic carbocycles. The molecule has 1 saturated heterocycles. The highest BCUT2D eigenvalue weighted by molar-refractivity contribution is 5.70. The van der Waals surface area contributed by atoms with Crippen LogP contribution in [0.3, 0.4) is 0 Å². The molecule has 2 unspecified atom stereocenters. The number of hydrogen-bond donors (Lipinski definition) is 1. The first kappa shape index (κ1) is 16.0. The molecule has 2 atom stereocenters. The summed E-state index contributed by atoms with van der Waals surface area (Å²) >= 11 is 0. The van der Waals surface area contributed by atoms with Crippen LogP contribution in [0.4, 0.5) is 0 Å².